The fourth-order valence-electron chi connectivity index (χ4n) is 1.64. The summed E-state index contributed by atoms with van der Waals surface area (Å²) in [6.45, 7) is 0. The van der Waals surface area contributed by atoms with E-state index < -0.39 is 11.7 Å². The van der Waals surface area contributed by atoms with E-state index in [0.717, 1.165) is 12.1 Å². The van der Waals surface area contributed by atoms with Crippen molar-refractivity contribution < 1.29 is 13.2 Å². The Morgan fingerprint density at radius 2 is 1.71 bits per heavy atom. The molecule has 0 heterocycles. The standard InChI is InChI=1S/C14H7Br2F3N2/c15-11-4-2-9(14(17,18)19)5-13(11)21-10-3-1-8(7-20)12(16)6-10/h1-6,21H. The number of benzene rings is 2. The summed E-state index contributed by atoms with van der Waals surface area (Å²) in [6.07, 6.45) is -4.40. The maximum atomic E-state index is 12.7. The summed E-state index contributed by atoms with van der Waals surface area (Å²) in [6, 6.07) is 10.2. The van der Waals surface area contributed by atoms with Crippen LogP contribution in [0.15, 0.2) is 45.3 Å². The van der Waals surface area contributed by atoms with Crippen LogP contribution in [0, 0.1) is 11.3 Å². The van der Waals surface area contributed by atoms with Crippen LogP contribution >= 0.6 is 31.9 Å². The fourth-order valence-corrected chi connectivity index (χ4v) is 2.45. The van der Waals surface area contributed by atoms with Crippen LogP contribution in [-0.4, -0.2) is 0 Å². The Labute approximate surface area is 135 Å². The van der Waals surface area contributed by atoms with E-state index >= 15 is 0 Å². The maximum Gasteiger partial charge on any atom is 0.416 e. The number of nitrogens with one attached hydrogen (secondary N) is 1. The van der Waals surface area contributed by atoms with Gasteiger partial charge in [-0.1, -0.05) is 0 Å². The van der Waals surface area contributed by atoms with E-state index in [4.69, 9.17) is 5.26 Å². The number of halogens is 5. The third-order valence-electron chi connectivity index (χ3n) is 2.66. The first-order chi connectivity index (χ1) is 9.81. The average molecular weight is 420 g/mol. The minimum Gasteiger partial charge on any atom is -0.355 e. The van der Waals surface area contributed by atoms with Gasteiger partial charge in [-0.25, -0.2) is 0 Å². The second kappa shape index (κ2) is 6.08. The van der Waals surface area contributed by atoms with Crippen molar-refractivity contribution in [2.24, 2.45) is 0 Å². The summed E-state index contributed by atoms with van der Waals surface area (Å²) >= 11 is 6.44. The predicted molar refractivity (Wildman–Crippen MR) is 81.3 cm³/mol. The van der Waals surface area contributed by atoms with Crippen LogP contribution in [0.25, 0.3) is 0 Å². The molecule has 0 saturated heterocycles. The van der Waals surface area contributed by atoms with E-state index in [-0.39, 0.29) is 0 Å². The number of alkyl halides is 3. The van der Waals surface area contributed by atoms with Gasteiger partial charge in [-0.2, -0.15) is 18.4 Å². The van der Waals surface area contributed by atoms with E-state index in [1.807, 2.05) is 6.07 Å². The smallest absolute Gasteiger partial charge is 0.355 e. The number of rotatable bonds is 2. The van der Waals surface area contributed by atoms with Gasteiger partial charge in [0.1, 0.15) is 6.07 Å². The topological polar surface area (TPSA) is 35.8 Å². The zero-order chi connectivity index (χ0) is 15.6. The first kappa shape index (κ1) is 15.9. The van der Waals surface area contributed by atoms with Crippen LogP contribution in [-0.2, 0) is 6.18 Å². The van der Waals surface area contributed by atoms with E-state index in [2.05, 4.69) is 37.2 Å². The van der Waals surface area contributed by atoms with Crippen LogP contribution in [0.4, 0.5) is 24.5 Å². The molecule has 0 unspecified atom stereocenters. The maximum absolute atomic E-state index is 12.7. The molecule has 21 heavy (non-hydrogen) atoms. The van der Waals surface area contributed by atoms with Gasteiger partial charge >= 0.3 is 6.18 Å². The van der Waals surface area contributed by atoms with Crippen molar-refractivity contribution in [2.45, 2.75) is 6.18 Å². The van der Waals surface area contributed by atoms with Crippen molar-refractivity contribution in [1.29, 1.82) is 5.26 Å². The molecule has 1 N–H and O–H groups in total. The summed E-state index contributed by atoms with van der Waals surface area (Å²) in [5, 5.41) is 11.7. The highest BCUT2D eigenvalue weighted by Gasteiger charge is 2.30. The average Bonchev–Trinajstić information content (AvgIpc) is 2.40. The van der Waals surface area contributed by atoms with Crippen LogP contribution in [0.2, 0.25) is 0 Å². The highest BCUT2D eigenvalue weighted by atomic mass is 79.9. The number of hydrogen-bond acceptors (Lipinski definition) is 2. The highest BCUT2D eigenvalue weighted by Crippen LogP contribution is 2.35. The summed E-state index contributed by atoms with van der Waals surface area (Å²) in [5.74, 6) is 0. The van der Waals surface area contributed by atoms with Gasteiger partial charge < -0.3 is 5.32 Å². The quantitative estimate of drug-likeness (QED) is 0.663. The molecule has 0 saturated carbocycles. The van der Waals surface area contributed by atoms with Gasteiger partial charge in [0.15, 0.2) is 0 Å². The second-order valence-corrected chi connectivity index (χ2v) is 5.83. The SMILES string of the molecule is N#Cc1ccc(Nc2cc(C(F)(F)F)ccc2Br)cc1Br. The number of nitrogens with zero attached hydrogens (tertiary/aromatic N) is 1. The summed E-state index contributed by atoms with van der Waals surface area (Å²) in [7, 11) is 0. The molecule has 0 bridgehead atoms. The van der Waals surface area contributed by atoms with Gasteiger partial charge in [-0.05, 0) is 68.3 Å². The van der Waals surface area contributed by atoms with E-state index in [1.54, 1.807) is 18.2 Å². The van der Waals surface area contributed by atoms with Crippen molar-refractivity contribution in [1.82, 2.24) is 0 Å². The number of hydrogen-bond donors (Lipinski definition) is 1. The van der Waals surface area contributed by atoms with Crippen molar-refractivity contribution in [3.05, 3.63) is 56.5 Å². The molecule has 0 amide bonds. The molecule has 0 spiro atoms. The van der Waals surface area contributed by atoms with Crippen molar-refractivity contribution in [3.63, 3.8) is 0 Å². The Hall–Kier alpha value is -1.52. The molecule has 2 aromatic carbocycles. The molecule has 0 aliphatic rings. The number of anilines is 2. The van der Waals surface area contributed by atoms with Gasteiger partial charge in [0.25, 0.3) is 0 Å². The lowest BCUT2D eigenvalue weighted by Gasteiger charge is -2.13. The first-order valence-corrected chi connectivity index (χ1v) is 7.23. The fraction of sp³-hybridized carbons (Fsp3) is 0.0714. The molecule has 0 aliphatic carbocycles. The van der Waals surface area contributed by atoms with Crippen LogP contribution in [0.5, 0.6) is 0 Å². The lowest BCUT2D eigenvalue weighted by Crippen LogP contribution is -2.05. The van der Waals surface area contributed by atoms with Crippen LogP contribution in [0.1, 0.15) is 11.1 Å². The van der Waals surface area contributed by atoms with Gasteiger partial charge in [0.05, 0.1) is 16.8 Å². The van der Waals surface area contributed by atoms with Crippen molar-refractivity contribution in [2.75, 3.05) is 5.32 Å². The molecular formula is C14H7Br2F3N2. The molecule has 0 radical (unpaired) electrons. The zero-order valence-electron chi connectivity index (χ0n) is 10.3. The van der Waals surface area contributed by atoms with E-state index in [9.17, 15) is 13.2 Å². The van der Waals surface area contributed by atoms with Crippen molar-refractivity contribution >= 4 is 43.2 Å². The first-order valence-electron chi connectivity index (χ1n) is 5.64. The van der Waals surface area contributed by atoms with Gasteiger partial charge in [-0.3, -0.25) is 0 Å². The minimum atomic E-state index is -4.40. The lowest BCUT2D eigenvalue weighted by atomic mass is 10.1. The Balaban J connectivity index is 2.35. The zero-order valence-corrected chi connectivity index (χ0v) is 13.5. The molecule has 0 aromatic heterocycles. The third kappa shape index (κ3) is 3.77. The normalized spacial score (nSPS) is 11.0. The van der Waals surface area contributed by atoms with Crippen molar-refractivity contribution in [3.8, 4) is 6.07 Å². The van der Waals surface area contributed by atoms with Crippen LogP contribution in [0.3, 0.4) is 0 Å². The monoisotopic (exact) mass is 418 g/mol. The molecule has 108 valence electrons. The molecule has 2 aromatic rings. The van der Waals surface area contributed by atoms with Gasteiger partial charge in [0, 0.05) is 14.6 Å². The highest BCUT2D eigenvalue weighted by molar-refractivity contribution is 9.11. The van der Waals surface area contributed by atoms with Crippen LogP contribution < -0.4 is 5.32 Å². The van der Waals surface area contributed by atoms with Gasteiger partial charge in [0.2, 0.25) is 0 Å². The molecule has 0 atom stereocenters. The Morgan fingerprint density at radius 1 is 1.00 bits per heavy atom. The number of nitriles is 1. The molecule has 0 aliphatic heterocycles. The summed E-state index contributed by atoms with van der Waals surface area (Å²) < 4.78 is 39.2. The largest absolute Gasteiger partial charge is 0.416 e. The second-order valence-electron chi connectivity index (χ2n) is 4.12. The Morgan fingerprint density at radius 3 is 2.29 bits per heavy atom. The molecular weight excluding hydrogens is 413 g/mol. The Bertz CT molecular complexity index is 721. The molecule has 2 nitrogen and oxygen atoms in total. The molecule has 0 fully saturated rings. The van der Waals surface area contributed by atoms with Gasteiger partial charge in [-0.15, -0.1) is 0 Å². The van der Waals surface area contributed by atoms with E-state index in [0.29, 0.717) is 25.9 Å². The minimum absolute atomic E-state index is 0.293. The predicted octanol–water partition coefficient (Wildman–Crippen LogP) is 5.85. The molecule has 7 heteroatoms. The van der Waals surface area contributed by atoms with E-state index in [1.165, 1.54) is 6.07 Å². The molecule has 2 rings (SSSR count). The summed E-state index contributed by atoms with van der Waals surface area (Å²) in [5.41, 5.74) is 0.576. The third-order valence-corrected chi connectivity index (χ3v) is 4.01. The lowest BCUT2D eigenvalue weighted by molar-refractivity contribution is -0.137. The summed E-state index contributed by atoms with van der Waals surface area (Å²) in [4.78, 5) is 0. The Kier molecular flexibility index (Phi) is 4.59.